The fourth-order valence-electron chi connectivity index (χ4n) is 4.42. The molecular weight excluding hydrogens is 429 g/mol. The molecule has 0 saturated heterocycles. The molecule has 0 spiro atoms. The normalized spacial score (nSPS) is 16.5. The third-order valence-electron chi connectivity index (χ3n) is 5.73. The summed E-state index contributed by atoms with van der Waals surface area (Å²) in [4.78, 5) is 11.4. The zero-order valence-electron chi connectivity index (χ0n) is 16.1. The maximum atomic E-state index is 13.1. The van der Waals surface area contributed by atoms with Crippen LogP contribution in [0.15, 0.2) is 47.4 Å². The summed E-state index contributed by atoms with van der Waals surface area (Å²) in [6.07, 6.45) is 2.32. The third kappa shape index (κ3) is 3.84. The van der Waals surface area contributed by atoms with Crippen LogP contribution in [0.1, 0.15) is 42.0 Å². The average molecular weight is 450 g/mol. The highest BCUT2D eigenvalue weighted by molar-refractivity contribution is 7.91. The van der Waals surface area contributed by atoms with Crippen molar-refractivity contribution < 1.29 is 22.7 Å². The second kappa shape index (κ2) is 8.04. The Morgan fingerprint density at radius 2 is 1.93 bits per heavy atom. The lowest BCUT2D eigenvalue weighted by atomic mass is 9.84. The van der Waals surface area contributed by atoms with E-state index in [0.29, 0.717) is 11.6 Å². The number of hydrogen-bond acceptors (Lipinski definition) is 3. The highest BCUT2D eigenvalue weighted by atomic mass is 35.5. The number of sulfone groups is 1. The van der Waals surface area contributed by atoms with Crippen LogP contribution in [0.5, 0.6) is 0 Å². The summed E-state index contributed by atoms with van der Waals surface area (Å²) in [5.41, 5.74) is 3.72. The van der Waals surface area contributed by atoms with E-state index in [4.69, 9.17) is 11.6 Å². The van der Waals surface area contributed by atoms with Crippen LogP contribution in [0.4, 0.5) is 4.39 Å². The van der Waals surface area contributed by atoms with Crippen LogP contribution in [0.25, 0.3) is 10.9 Å². The van der Waals surface area contributed by atoms with E-state index in [2.05, 4.69) is 4.57 Å². The van der Waals surface area contributed by atoms with Gasteiger partial charge in [0.2, 0.25) is 9.84 Å². The van der Waals surface area contributed by atoms with E-state index >= 15 is 0 Å². The lowest BCUT2D eigenvalue weighted by Gasteiger charge is -2.24. The van der Waals surface area contributed by atoms with E-state index in [-0.39, 0.29) is 17.2 Å². The van der Waals surface area contributed by atoms with Crippen molar-refractivity contribution >= 4 is 38.3 Å². The van der Waals surface area contributed by atoms with Gasteiger partial charge in [0, 0.05) is 34.1 Å². The molecule has 0 radical (unpaired) electrons. The van der Waals surface area contributed by atoms with Gasteiger partial charge in [-0.15, -0.1) is 0 Å². The van der Waals surface area contributed by atoms with Crippen molar-refractivity contribution in [3.05, 3.63) is 64.3 Å². The fraction of sp³-hybridized carbons (Fsp3) is 0.318. The van der Waals surface area contributed by atoms with E-state index < -0.39 is 21.8 Å². The molecule has 1 aromatic heterocycles. The molecule has 30 heavy (non-hydrogen) atoms. The molecule has 8 heteroatoms. The molecule has 0 amide bonds. The van der Waals surface area contributed by atoms with Gasteiger partial charge in [0.15, 0.2) is 6.01 Å². The maximum absolute atomic E-state index is 13.1. The molecule has 0 saturated carbocycles. The Morgan fingerprint density at radius 1 is 1.20 bits per heavy atom. The first-order chi connectivity index (χ1) is 14.3. The van der Waals surface area contributed by atoms with Crippen LogP contribution >= 0.6 is 11.6 Å². The molecule has 1 atom stereocenters. The molecule has 1 heterocycles. The summed E-state index contributed by atoms with van der Waals surface area (Å²) < 4.78 is 39.3. The number of halogens is 2. The summed E-state index contributed by atoms with van der Waals surface area (Å²) >= 11 is 6.00. The van der Waals surface area contributed by atoms with Gasteiger partial charge >= 0.3 is 5.97 Å². The number of aliphatic carboxylic acids is 1. The van der Waals surface area contributed by atoms with Crippen molar-refractivity contribution in [2.24, 2.45) is 0 Å². The van der Waals surface area contributed by atoms with Gasteiger partial charge in [-0.25, -0.2) is 12.8 Å². The second-order valence-electron chi connectivity index (χ2n) is 7.67. The molecule has 158 valence electrons. The topological polar surface area (TPSA) is 76.4 Å². The molecule has 1 N–H and O–H groups in total. The summed E-state index contributed by atoms with van der Waals surface area (Å²) in [6, 6.07) is 10.6. The van der Waals surface area contributed by atoms with Gasteiger partial charge in [-0.05, 0) is 60.7 Å². The zero-order valence-corrected chi connectivity index (χ0v) is 17.7. The van der Waals surface area contributed by atoms with Crippen molar-refractivity contribution in [2.75, 3.05) is 6.01 Å². The van der Waals surface area contributed by atoms with E-state index in [1.165, 1.54) is 12.1 Å². The van der Waals surface area contributed by atoms with Crippen LogP contribution in [0.3, 0.4) is 0 Å². The van der Waals surface area contributed by atoms with Crippen LogP contribution < -0.4 is 0 Å². The lowest BCUT2D eigenvalue weighted by Crippen LogP contribution is -2.17. The summed E-state index contributed by atoms with van der Waals surface area (Å²) in [5.74, 6) is -1.02. The van der Waals surface area contributed by atoms with E-state index in [1.807, 2.05) is 12.1 Å². The van der Waals surface area contributed by atoms with Gasteiger partial charge in [0.05, 0.1) is 11.3 Å². The van der Waals surface area contributed by atoms with Crippen LogP contribution in [0, 0.1) is 0 Å². The molecule has 0 bridgehead atoms. The van der Waals surface area contributed by atoms with Crippen LogP contribution in [-0.4, -0.2) is 30.1 Å². The standard InChI is InChI=1S/C22H21ClFNO4S/c23-16-6-4-14(5-7-16)12-25-20-9-8-17(30(28,29)13-24)11-19(20)18-3-1-2-15(22(18)25)10-21(26)27/h4-9,11,15H,1-3,10,12-13H2,(H,26,27). The Balaban J connectivity index is 1.93. The fourth-order valence-corrected chi connectivity index (χ4v) is 5.25. The predicted molar refractivity (Wildman–Crippen MR) is 114 cm³/mol. The van der Waals surface area contributed by atoms with Gasteiger partial charge in [-0.1, -0.05) is 23.7 Å². The van der Waals surface area contributed by atoms with Crippen molar-refractivity contribution in [1.29, 1.82) is 0 Å². The van der Waals surface area contributed by atoms with E-state index in [9.17, 15) is 22.7 Å². The minimum absolute atomic E-state index is 0.0135. The molecular formula is C22H21ClFNO4S. The molecule has 3 aromatic rings. The van der Waals surface area contributed by atoms with Crippen LogP contribution in [0.2, 0.25) is 5.02 Å². The molecule has 1 aliphatic carbocycles. The number of carboxylic acids is 1. The number of carbonyl (C=O) groups is 1. The molecule has 4 rings (SSSR count). The quantitative estimate of drug-likeness (QED) is 0.578. The van der Waals surface area contributed by atoms with E-state index in [1.54, 1.807) is 18.2 Å². The van der Waals surface area contributed by atoms with Crippen molar-refractivity contribution in [1.82, 2.24) is 4.57 Å². The third-order valence-corrected chi connectivity index (χ3v) is 7.24. The first-order valence-corrected chi connectivity index (χ1v) is 11.7. The lowest BCUT2D eigenvalue weighted by molar-refractivity contribution is -0.137. The van der Waals surface area contributed by atoms with Crippen molar-refractivity contribution in [2.45, 2.75) is 43.0 Å². The monoisotopic (exact) mass is 449 g/mol. The Bertz CT molecular complexity index is 1220. The molecule has 1 unspecified atom stereocenters. The molecule has 0 aliphatic heterocycles. The zero-order chi connectivity index (χ0) is 21.5. The van der Waals surface area contributed by atoms with Gasteiger partial charge in [0.25, 0.3) is 0 Å². The van der Waals surface area contributed by atoms with E-state index in [0.717, 1.165) is 47.0 Å². The average Bonchev–Trinajstić information content (AvgIpc) is 3.03. The molecule has 5 nitrogen and oxygen atoms in total. The molecule has 0 fully saturated rings. The largest absolute Gasteiger partial charge is 0.481 e. The first-order valence-electron chi connectivity index (χ1n) is 9.70. The first kappa shape index (κ1) is 20.9. The maximum Gasteiger partial charge on any atom is 0.304 e. The molecule has 1 aliphatic rings. The minimum atomic E-state index is -3.99. The van der Waals surface area contributed by atoms with Gasteiger partial charge in [-0.2, -0.15) is 0 Å². The Kier molecular flexibility index (Phi) is 5.59. The summed E-state index contributed by atoms with van der Waals surface area (Å²) in [5, 5.41) is 10.8. The smallest absolute Gasteiger partial charge is 0.304 e. The number of nitrogens with zero attached hydrogens (tertiary/aromatic N) is 1. The number of alkyl halides is 1. The SMILES string of the molecule is O=C(O)CC1CCCc2c1n(Cc1ccc(Cl)cc1)c1ccc(S(=O)(=O)CF)cc21. The van der Waals surface area contributed by atoms with Gasteiger partial charge < -0.3 is 9.67 Å². The number of hydrogen-bond donors (Lipinski definition) is 1. The highest BCUT2D eigenvalue weighted by Crippen LogP contribution is 2.41. The highest BCUT2D eigenvalue weighted by Gasteiger charge is 2.30. The van der Waals surface area contributed by atoms with Crippen molar-refractivity contribution in [3.63, 3.8) is 0 Å². The Hall–Kier alpha value is -2.38. The Morgan fingerprint density at radius 3 is 2.60 bits per heavy atom. The van der Waals surface area contributed by atoms with Crippen molar-refractivity contribution in [3.8, 4) is 0 Å². The number of aromatic nitrogens is 1. The predicted octanol–water partition coefficient (Wildman–Crippen LogP) is 4.94. The second-order valence-corrected chi connectivity index (χ2v) is 10.0. The van der Waals surface area contributed by atoms with Gasteiger partial charge in [0.1, 0.15) is 0 Å². The summed E-state index contributed by atoms with van der Waals surface area (Å²) in [7, 11) is -3.99. The number of carboxylic acid groups (broad SMARTS) is 1. The number of rotatable bonds is 6. The van der Waals surface area contributed by atoms with Gasteiger partial charge in [-0.3, -0.25) is 4.79 Å². The number of aryl methyl sites for hydroxylation is 1. The summed E-state index contributed by atoms with van der Waals surface area (Å²) in [6.45, 7) is 0.508. The number of benzene rings is 2. The Labute approximate surface area is 179 Å². The number of fused-ring (bicyclic) bond motifs is 3. The minimum Gasteiger partial charge on any atom is -0.481 e. The van der Waals surface area contributed by atoms with Crippen LogP contribution in [-0.2, 0) is 27.6 Å². The molecule has 2 aromatic carbocycles.